The summed E-state index contributed by atoms with van der Waals surface area (Å²) in [7, 11) is 0. The highest BCUT2D eigenvalue weighted by Crippen LogP contribution is 2.25. The van der Waals surface area contributed by atoms with Gasteiger partial charge in [0.1, 0.15) is 0 Å². The summed E-state index contributed by atoms with van der Waals surface area (Å²) >= 11 is 12.1. The molecule has 3 heteroatoms. The van der Waals surface area contributed by atoms with Gasteiger partial charge in [0, 0.05) is 12.7 Å². The fraction of sp³-hybridized carbons (Fsp3) is 0.176. The van der Waals surface area contributed by atoms with Gasteiger partial charge in [0.2, 0.25) is 0 Å². The Morgan fingerprint density at radius 2 is 1.85 bits per heavy atom. The number of nitrogens with zero attached hydrogens (tertiary/aromatic N) is 1. The quantitative estimate of drug-likeness (QED) is 0.597. The lowest BCUT2D eigenvalue weighted by Crippen LogP contribution is -2.00. The Labute approximate surface area is 128 Å². The predicted molar refractivity (Wildman–Crippen MR) is 86.9 cm³/mol. The third-order valence-electron chi connectivity index (χ3n) is 3.59. The molecule has 0 fully saturated rings. The standard InChI is InChI=1S/C17H15Cl2N/c1-2-13-4-3-5-14-8-9-20(17(13)14)11-12-6-7-15(18)16(19)10-12/h3-10H,2,11H2,1H3. The number of para-hydroxylation sites is 1. The summed E-state index contributed by atoms with van der Waals surface area (Å²) < 4.78 is 2.27. The fourth-order valence-corrected chi connectivity index (χ4v) is 2.91. The van der Waals surface area contributed by atoms with E-state index in [1.54, 1.807) is 0 Å². The molecule has 102 valence electrons. The van der Waals surface area contributed by atoms with Gasteiger partial charge in [-0.05, 0) is 41.1 Å². The van der Waals surface area contributed by atoms with Crippen molar-refractivity contribution in [2.24, 2.45) is 0 Å². The van der Waals surface area contributed by atoms with Crippen LogP contribution >= 0.6 is 23.2 Å². The molecule has 0 N–H and O–H groups in total. The lowest BCUT2D eigenvalue weighted by molar-refractivity contribution is 0.831. The predicted octanol–water partition coefficient (Wildman–Crippen LogP) is 5.56. The minimum atomic E-state index is 0.599. The molecule has 0 saturated heterocycles. The second-order valence-corrected chi connectivity index (χ2v) is 5.72. The smallest absolute Gasteiger partial charge is 0.0595 e. The van der Waals surface area contributed by atoms with Crippen LogP contribution in [0, 0.1) is 0 Å². The molecule has 0 bridgehead atoms. The molecule has 1 aromatic heterocycles. The first-order chi connectivity index (χ1) is 9.69. The number of halogens is 2. The van der Waals surface area contributed by atoms with Crippen LogP contribution in [0.25, 0.3) is 10.9 Å². The van der Waals surface area contributed by atoms with Crippen LogP contribution in [0.2, 0.25) is 10.0 Å². The number of fused-ring (bicyclic) bond motifs is 1. The van der Waals surface area contributed by atoms with E-state index in [2.05, 4.69) is 42.0 Å². The zero-order valence-electron chi connectivity index (χ0n) is 11.2. The number of rotatable bonds is 3. The van der Waals surface area contributed by atoms with Crippen molar-refractivity contribution in [1.82, 2.24) is 4.57 Å². The number of hydrogen-bond donors (Lipinski definition) is 0. The maximum Gasteiger partial charge on any atom is 0.0595 e. The highest BCUT2D eigenvalue weighted by atomic mass is 35.5. The lowest BCUT2D eigenvalue weighted by atomic mass is 10.1. The molecule has 0 atom stereocenters. The Morgan fingerprint density at radius 3 is 2.60 bits per heavy atom. The van der Waals surface area contributed by atoms with E-state index < -0.39 is 0 Å². The number of benzene rings is 2. The van der Waals surface area contributed by atoms with Gasteiger partial charge >= 0.3 is 0 Å². The maximum absolute atomic E-state index is 6.09. The van der Waals surface area contributed by atoms with Crippen molar-refractivity contribution in [1.29, 1.82) is 0 Å². The van der Waals surface area contributed by atoms with Gasteiger partial charge in [-0.25, -0.2) is 0 Å². The summed E-state index contributed by atoms with van der Waals surface area (Å²) in [6.45, 7) is 2.99. The Kier molecular flexibility index (Phi) is 3.73. The van der Waals surface area contributed by atoms with E-state index >= 15 is 0 Å². The van der Waals surface area contributed by atoms with Crippen LogP contribution in [-0.2, 0) is 13.0 Å². The molecule has 20 heavy (non-hydrogen) atoms. The molecule has 0 amide bonds. The van der Waals surface area contributed by atoms with E-state index in [0.717, 1.165) is 18.5 Å². The lowest BCUT2D eigenvalue weighted by Gasteiger charge is -2.10. The van der Waals surface area contributed by atoms with E-state index in [1.807, 2.05) is 18.2 Å². The summed E-state index contributed by atoms with van der Waals surface area (Å²) in [5, 5.41) is 2.49. The van der Waals surface area contributed by atoms with Gasteiger partial charge in [0.15, 0.2) is 0 Å². The van der Waals surface area contributed by atoms with Gasteiger partial charge in [-0.1, -0.05) is 54.4 Å². The molecule has 3 rings (SSSR count). The van der Waals surface area contributed by atoms with Crippen molar-refractivity contribution >= 4 is 34.1 Å². The topological polar surface area (TPSA) is 4.93 Å². The van der Waals surface area contributed by atoms with Crippen molar-refractivity contribution in [2.45, 2.75) is 19.9 Å². The summed E-state index contributed by atoms with van der Waals surface area (Å²) in [6, 6.07) is 14.4. The molecule has 3 aromatic rings. The minimum Gasteiger partial charge on any atom is -0.343 e. The van der Waals surface area contributed by atoms with E-state index in [1.165, 1.54) is 16.5 Å². The van der Waals surface area contributed by atoms with Crippen molar-refractivity contribution < 1.29 is 0 Å². The van der Waals surface area contributed by atoms with Gasteiger partial charge in [-0.3, -0.25) is 0 Å². The first-order valence-corrected chi connectivity index (χ1v) is 7.45. The van der Waals surface area contributed by atoms with Gasteiger partial charge in [0.05, 0.1) is 15.6 Å². The normalized spacial score (nSPS) is 11.2. The molecule has 2 aromatic carbocycles. The molecule has 0 unspecified atom stereocenters. The second-order valence-electron chi connectivity index (χ2n) is 4.90. The molecule has 0 aliphatic carbocycles. The molecule has 0 aliphatic heterocycles. The first-order valence-electron chi connectivity index (χ1n) is 6.69. The summed E-state index contributed by atoms with van der Waals surface area (Å²) in [6.07, 6.45) is 3.16. The number of aromatic nitrogens is 1. The van der Waals surface area contributed by atoms with E-state index in [4.69, 9.17) is 23.2 Å². The Balaban J connectivity index is 2.04. The Morgan fingerprint density at radius 1 is 1.00 bits per heavy atom. The zero-order valence-corrected chi connectivity index (χ0v) is 12.7. The molecule has 1 heterocycles. The average Bonchev–Trinajstić information content (AvgIpc) is 2.86. The second kappa shape index (κ2) is 5.51. The molecule has 1 nitrogen and oxygen atoms in total. The summed E-state index contributed by atoms with van der Waals surface area (Å²) in [4.78, 5) is 0. The zero-order chi connectivity index (χ0) is 14.1. The largest absolute Gasteiger partial charge is 0.343 e. The maximum atomic E-state index is 6.09. The van der Waals surface area contributed by atoms with Crippen molar-refractivity contribution in [3.63, 3.8) is 0 Å². The van der Waals surface area contributed by atoms with Crippen LogP contribution in [0.5, 0.6) is 0 Å². The number of aryl methyl sites for hydroxylation is 1. The van der Waals surface area contributed by atoms with Crippen molar-refractivity contribution in [3.8, 4) is 0 Å². The monoisotopic (exact) mass is 303 g/mol. The van der Waals surface area contributed by atoms with Crippen LogP contribution in [-0.4, -0.2) is 4.57 Å². The molecule has 0 spiro atoms. The summed E-state index contributed by atoms with van der Waals surface area (Å²) in [5.74, 6) is 0. The van der Waals surface area contributed by atoms with Crippen molar-refractivity contribution in [2.75, 3.05) is 0 Å². The highest BCUT2D eigenvalue weighted by molar-refractivity contribution is 6.42. The molecule has 0 radical (unpaired) electrons. The molecular formula is C17H15Cl2N. The van der Waals surface area contributed by atoms with Crippen LogP contribution in [0.3, 0.4) is 0 Å². The van der Waals surface area contributed by atoms with Gasteiger partial charge in [-0.2, -0.15) is 0 Å². The molecular weight excluding hydrogens is 289 g/mol. The van der Waals surface area contributed by atoms with E-state index in [-0.39, 0.29) is 0 Å². The van der Waals surface area contributed by atoms with E-state index in [0.29, 0.717) is 10.0 Å². The highest BCUT2D eigenvalue weighted by Gasteiger charge is 2.07. The summed E-state index contributed by atoms with van der Waals surface area (Å²) in [5.41, 5.74) is 3.83. The molecule has 0 saturated carbocycles. The van der Waals surface area contributed by atoms with Gasteiger partial charge in [-0.15, -0.1) is 0 Å². The SMILES string of the molecule is CCc1cccc2ccn(Cc3ccc(Cl)c(Cl)c3)c12. The van der Waals surface area contributed by atoms with Crippen molar-refractivity contribution in [3.05, 3.63) is 69.8 Å². The first kappa shape index (κ1) is 13.5. The van der Waals surface area contributed by atoms with Gasteiger partial charge < -0.3 is 4.57 Å². The Bertz CT molecular complexity index is 759. The third kappa shape index (κ3) is 2.44. The third-order valence-corrected chi connectivity index (χ3v) is 4.33. The van der Waals surface area contributed by atoms with Gasteiger partial charge in [0.25, 0.3) is 0 Å². The number of hydrogen-bond acceptors (Lipinski definition) is 0. The fourth-order valence-electron chi connectivity index (χ4n) is 2.59. The van der Waals surface area contributed by atoms with Crippen LogP contribution in [0.4, 0.5) is 0 Å². The molecule has 0 aliphatic rings. The van der Waals surface area contributed by atoms with Crippen LogP contribution in [0.15, 0.2) is 48.7 Å². The Hall–Kier alpha value is -1.44. The average molecular weight is 304 g/mol. The minimum absolute atomic E-state index is 0.599. The van der Waals surface area contributed by atoms with Crippen LogP contribution < -0.4 is 0 Å². The van der Waals surface area contributed by atoms with E-state index in [9.17, 15) is 0 Å². The van der Waals surface area contributed by atoms with Crippen LogP contribution in [0.1, 0.15) is 18.1 Å².